The van der Waals surface area contributed by atoms with Crippen molar-refractivity contribution in [2.45, 2.75) is 17.9 Å². The van der Waals surface area contributed by atoms with Crippen LogP contribution in [0.4, 0.5) is 0 Å². The number of fused-ring (bicyclic) bond motifs is 1. The fraction of sp³-hybridized carbons (Fsp3) is 0.158. The van der Waals surface area contributed by atoms with Gasteiger partial charge in [-0.1, -0.05) is 29.5 Å². The lowest BCUT2D eigenvalue weighted by Crippen LogP contribution is -2.03. The van der Waals surface area contributed by atoms with Gasteiger partial charge in [-0.25, -0.2) is 9.78 Å². The fourth-order valence-corrected chi connectivity index (χ4v) is 3.27. The maximum absolute atomic E-state index is 11.9. The smallest absolute Gasteiger partial charge is 0.341 e. The molecule has 0 spiro atoms. The zero-order chi connectivity index (χ0) is 18.8. The molecule has 0 unspecified atom stereocenters. The summed E-state index contributed by atoms with van der Waals surface area (Å²) in [7, 11) is 1.35. The lowest BCUT2D eigenvalue weighted by atomic mass is 10.1. The van der Waals surface area contributed by atoms with E-state index in [1.54, 1.807) is 16.5 Å². The summed E-state index contributed by atoms with van der Waals surface area (Å²) in [5.41, 5.74) is 3.84. The molecule has 0 aliphatic carbocycles. The largest absolute Gasteiger partial charge is 0.465 e. The van der Waals surface area contributed by atoms with E-state index >= 15 is 0 Å². The molecule has 0 N–H and O–H groups in total. The van der Waals surface area contributed by atoms with E-state index in [1.807, 2.05) is 43.6 Å². The third-order valence-corrected chi connectivity index (χ3v) is 4.84. The van der Waals surface area contributed by atoms with Crippen molar-refractivity contribution in [3.8, 4) is 11.5 Å². The first kappa shape index (κ1) is 17.3. The first-order chi connectivity index (χ1) is 13.1. The Morgan fingerprint density at radius 3 is 2.81 bits per heavy atom. The molecule has 0 saturated carbocycles. The van der Waals surface area contributed by atoms with Crippen LogP contribution in [0.3, 0.4) is 0 Å². The molecule has 8 heteroatoms. The molecule has 0 atom stereocenters. The van der Waals surface area contributed by atoms with Crippen molar-refractivity contribution in [3.05, 3.63) is 65.6 Å². The van der Waals surface area contributed by atoms with Crippen molar-refractivity contribution in [1.29, 1.82) is 0 Å². The number of rotatable bonds is 5. The van der Waals surface area contributed by atoms with E-state index in [9.17, 15) is 4.79 Å². The van der Waals surface area contributed by atoms with Crippen LogP contribution in [0.15, 0.2) is 58.4 Å². The molecular weight excluding hydrogens is 364 g/mol. The predicted molar refractivity (Wildman–Crippen MR) is 101 cm³/mol. The van der Waals surface area contributed by atoms with Gasteiger partial charge in [0.05, 0.1) is 12.8 Å². The van der Waals surface area contributed by atoms with Gasteiger partial charge in [-0.15, -0.1) is 10.2 Å². The quantitative estimate of drug-likeness (QED) is 0.385. The Kier molecular flexibility index (Phi) is 4.64. The van der Waals surface area contributed by atoms with E-state index in [1.165, 1.54) is 24.4 Å². The Bertz CT molecular complexity index is 1100. The van der Waals surface area contributed by atoms with E-state index in [4.69, 9.17) is 9.15 Å². The van der Waals surface area contributed by atoms with Crippen molar-refractivity contribution in [1.82, 2.24) is 19.6 Å². The second kappa shape index (κ2) is 7.24. The number of carbonyl (C=O) groups is 1. The van der Waals surface area contributed by atoms with Gasteiger partial charge in [-0.3, -0.25) is 0 Å². The highest BCUT2D eigenvalue weighted by molar-refractivity contribution is 7.98. The Morgan fingerprint density at radius 2 is 2.04 bits per heavy atom. The van der Waals surface area contributed by atoms with Crippen LogP contribution >= 0.6 is 11.8 Å². The summed E-state index contributed by atoms with van der Waals surface area (Å²) in [5, 5.41) is 8.64. The first-order valence-corrected chi connectivity index (χ1v) is 9.21. The van der Waals surface area contributed by atoms with Crippen molar-refractivity contribution >= 4 is 23.4 Å². The zero-order valence-corrected chi connectivity index (χ0v) is 15.6. The summed E-state index contributed by atoms with van der Waals surface area (Å²) in [6.45, 7) is 2.03. The van der Waals surface area contributed by atoms with Gasteiger partial charge >= 0.3 is 5.97 Å². The lowest BCUT2D eigenvalue weighted by Gasteiger charge is -2.00. The highest BCUT2D eigenvalue weighted by Gasteiger charge is 2.14. The summed E-state index contributed by atoms with van der Waals surface area (Å²) in [6, 6.07) is 11.4. The van der Waals surface area contributed by atoms with Crippen LogP contribution in [-0.2, 0) is 10.5 Å². The minimum absolute atomic E-state index is 0.412. The van der Waals surface area contributed by atoms with Gasteiger partial charge in [-0.05, 0) is 31.2 Å². The molecule has 0 aliphatic heterocycles. The standard InChI is InChI=1S/C19H16N4O3S/c1-12-5-7-13(8-6-12)17-21-22-19(26-17)27-11-14-10-23-9-3-4-15(16(23)20-14)18(24)25-2/h3-10H,11H2,1-2H3. The Morgan fingerprint density at radius 1 is 1.22 bits per heavy atom. The second-order valence-electron chi connectivity index (χ2n) is 5.90. The van der Waals surface area contributed by atoms with Gasteiger partial charge in [0, 0.05) is 23.7 Å². The molecule has 1 aromatic carbocycles. The minimum atomic E-state index is -0.412. The van der Waals surface area contributed by atoms with Crippen LogP contribution < -0.4 is 0 Å². The van der Waals surface area contributed by atoms with E-state index < -0.39 is 5.97 Å². The molecule has 0 amide bonds. The number of ether oxygens (including phenoxy) is 1. The molecule has 0 radical (unpaired) electrons. The topological polar surface area (TPSA) is 82.5 Å². The van der Waals surface area contributed by atoms with Crippen LogP contribution in [0.25, 0.3) is 17.1 Å². The van der Waals surface area contributed by atoms with Crippen LogP contribution in [0.5, 0.6) is 0 Å². The number of nitrogens with zero attached hydrogens (tertiary/aromatic N) is 4. The second-order valence-corrected chi connectivity index (χ2v) is 6.83. The third kappa shape index (κ3) is 3.56. The average Bonchev–Trinajstić information content (AvgIpc) is 3.32. The summed E-state index contributed by atoms with van der Waals surface area (Å²) >= 11 is 1.40. The van der Waals surface area contributed by atoms with E-state index in [2.05, 4.69) is 15.2 Å². The van der Waals surface area contributed by atoms with E-state index in [-0.39, 0.29) is 0 Å². The predicted octanol–water partition coefficient (Wildman–Crippen LogP) is 3.77. The highest BCUT2D eigenvalue weighted by atomic mass is 32.2. The lowest BCUT2D eigenvalue weighted by molar-refractivity contribution is 0.0602. The molecule has 3 heterocycles. The molecule has 4 aromatic rings. The normalized spacial score (nSPS) is 11.0. The monoisotopic (exact) mass is 380 g/mol. The number of aromatic nitrogens is 4. The molecule has 3 aromatic heterocycles. The van der Waals surface area contributed by atoms with Gasteiger partial charge in [0.2, 0.25) is 5.89 Å². The summed E-state index contributed by atoms with van der Waals surface area (Å²) < 4.78 is 12.3. The number of methoxy groups -OCH3 is 1. The number of aryl methyl sites for hydroxylation is 1. The highest BCUT2D eigenvalue weighted by Crippen LogP contribution is 2.26. The number of esters is 1. The van der Waals surface area contributed by atoms with Crippen LogP contribution in [0.1, 0.15) is 21.6 Å². The molecule has 0 bridgehead atoms. The molecule has 7 nitrogen and oxygen atoms in total. The van der Waals surface area contributed by atoms with E-state index in [0.717, 1.165) is 11.3 Å². The average molecular weight is 380 g/mol. The van der Waals surface area contributed by atoms with Gasteiger partial charge in [0.25, 0.3) is 5.22 Å². The SMILES string of the molecule is COC(=O)c1cccn2cc(CSc3nnc(-c4ccc(C)cc4)o3)nc12. The molecule has 0 saturated heterocycles. The molecular formula is C19H16N4O3S. The van der Waals surface area contributed by atoms with Gasteiger partial charge < -0.3 is 13.6 Å². The Balaban J connectivity index is 1.51. The van der Waals surface area contributed by atoms with Gasteiger partial charge in [0.15, 0.2) is 5.65 Å². The van der Waals surface area contributed by atoms with Gasteiger partial charge in [0.1, 0.15) is 5.56 Å². The molecule has 0 fully saturated rings. The number of hydrogen-bond acceptors (Lipinski definition) is 7. The van der Waals surface area contributed by atoms with Crippen molar-refractivity contribution in [2.24, 2.45) is 0 Å². The zero-order valence-electron chi connectivity index (χ0n) is 14.7. The number of benzene rings is 1. The van der Waals surface area contributed by atoms with Gasteiger partial charge in [-0.2, -0.15) is 0 Å². The summed E-state index contributed by atoms with van der Waals surface area (Å²) in [6.07, 6.45) is 3.71. The number of thioether (sulfide) groups is 1. The minimum Gasteiger partial charge on any atom is -0.465 e. The van der Waals surface area contributed by atoms with Crippen molar-refractivity contribution in [3.63, 3.8) is 0 Å². The fourth-order valence-electron chi connectivity index (χ4n) is 2.62. The molecule has 4 rings (SSSR count). The maximum Gasteiger partial charge on any atom is 0.341 e. The molecule has 136 valence electrons. The van der Waals surface area contributed by atoms with Crippen LogP contribution in [0.2, 0.25) is 0 Å². The number of carbonyl (C=O) groups excluding carboxylic acids is 1. The van der Waals surface area contributed by atoms with Crippen molar-refractivity contribution in [2.75, 3.05) is 7.11 Å². The summed E-state index contributed by atoms with van der Waals surface area (Å²) in [5.74, 6) is 0.614. The summed E-state index contributed by atoms with van der Waals surface area (Å²) in [4.78, 5) is 16.4. The third-order valence-electron chi connectivity index (χ3n) is 3.99. The van der Waals surface area contributed by atoms with Crippen LogP contribution in [0, 0.1) is 6.92 Å². The number of pyridine rings is 1. The van der Waals surface area contributed by atoms with Crippen LogP contribution in [-0.4, -0.2) is 32.7 Å². The first-order valence-electron chi connectivity index (χ1n) is 8.22. The maximum atomic E-state index is 11.9. The Hall–Kier alpha value is -3.13. The van der Waals surface area contributed by atoms with E-state index in [0.29, 0.717) is 28.1 Å². The number of hydrogen-bond donors (Lipinski definition) is 0. The molecule has 0 aliphatic rings. The Labute approximate surface area is 159 Å². The number of imidazole rings is 1. The molecule has 27 heavy (non-hydrogen) atoms. The van der Waals surface area contributed by atoms with Crippen molar-refractivity contribution < 1.29 is 13.9 Å².